The van der Waals surface area contributed by atoms with Crippen LogP contribution in [0.3, 0.4) is 0 Å². The highest BCUT2D eigenvalue weighted by molar-refractivity contribution is 5.30. The van der Waals surface area contributed by atoms with Gasteiger partial charge < -0.3 is 14.8 Å². The molecule has 0 heterocycles. The molecule has 0 aliphatic heterocycles. The molecule has 0 aliphatic carbocycles. The first kappa shape index (κ1) is 17.0. The highest BCUT2D eigenvalue weighted by Gasteiger charge is 2.11. The fourth-order valence-corrected chi connectivity index (χ4v) is 2.18. The first-order chi connectivity index (χ1) is 9.81. The summed E-state index contributed by atoms with van der Waals surface area (Å²) in [5.41, 5.74) is 1.31. The van der Waals surface area contributed by atoms with Gasteiger partial charge in [0.05, 0.1) is 6.61 Å². The number of nitrogens with one attached hydrogen (secondary N) is 1. The molecule has 0 saturated heterocycles. The van der Waals surface area contributed by atoms with Crippen molar-refractivity contribution in [2.45, 2.75) is 45.6 Å². The number of hydrogen-bond donors (Lipinski definition) is 1. The zero-order valence-electron chi connectivity index (χ0n) is 13.2. The number of ether oxygens (including phenoxy) is 2. The first-order valence-corrected chi connectivity index (χ1v) is 7.76. The van der Waals surface area contributed by atoms with Gasteiger partial charge in [-0.3, -0.25) is 0 Å². The summed E-state index contributed by atoms with van der Waals surface area (Å²) in [6.07, 6.45) is 4.34. The number of methoxy groups -OCH3 is 1. The lowest BCUT2D eigenvalue weighted by molar-refractivity contribution is 0.188. The molecule has 1 unspecified atom stereocenters. The van der Waals surface area contributed by atoms with Crippen LogP contribution in [0.15, 0.2) is 24.3 Å². The van der Waals surface area contributed by atoms with Crippen LogP contribution in [0.5, 0.6) is 5.75 Å². The van der Waals surface area contributed by atoms with Gasteiger partial charge >= 0.3 is 0 Å². The third-order valence-electron chi connectivity index (χ3n) is 3.22. The molecule has 1 N–H and O–H groups in total. The van der Waals surface area contributed by atoms with Crippen LogP contribution in [0.2, 0.25) is 0 Å². The van der Waals surface area contributed by atoms with Gasteiger partial charge in [-0.15, -0.1) is 0 Å². The van der Waals surface area contributed by atoms with E-state index < -0.39 is 0 Å². The Bertz CT molecular complexity index is 355. The molecule has 1 atom stereocenters. The summed E-state index contributed by atoms with van der Waals surface area (Å²) in [5.74, 6) is 0.972. The lowest BCUT2D eigenvalue weighted by Gasteiger charge is -2.19. The maximum Gasteiger partial charge on any atom is 0.119 e. The highest BCUT2D eigenvalue weighted by atomic mass is 16.5. The van der Waals surface area contributed by atoms with E-state index in [0.29, 0.717) is 6.04 Å². The molecule has 0 fully saturated rings. The van der Waals surface area contributed by atoms with Crippen LogP contribution < -0.4 is 10.1 Å². The monoisotopic (exact) mass is 279 g/mol. The van der Waals surface area contributed by atoms with E-state index in [9.17, 15) is 0 Å². The quantitative estimate of drug-likeness (QED) is 0.622. The van der Waals surface area contributed by atoms with Crippen LogP contribution in [0, 0.1) is 0 Å². The molecule has 1 aromatic rings. The third kappa shape index (κ3) is 6.40. The van der Waals surface area contributed by atoms with Crippen LogP contribution in [0.1, 0.15) is 51.1 Å². The average Bonchev–Trinajstić information content (AvgIpc) is 2.49. The van der Waals surface area contributed by atoms with E-state index in [4.69, 9.17) is 9.47 Å². The molecule has 0 aliphatic rings. The summed E-state index contributed by atoms with van der Waals surface area (Å²) < 4.78 is 10.9. The van der Waals surface area contributed by atoms with Gasteiger partial charge in [-0.1, -0.05) is 26.0 Å². The molecule has 114 valence electrons. The Morgan fingerprint density at radius 3 is 2.70 bits per heavy atom. The van der Waals surface area contributed by atoms with Gasteiger partial charge in [0.25, 0.3) is 0 Å². The Labute approximate surface area is 123 Å². The van der Waals surface area contributed by atoms with E-state index >= 15 is 0 Å². The molecule has 1 rings (SSSR count). The Balaban J connectivity index is 2.66. The van der Waals surface area contributed by atoms with Crippen molar-refractivity contribution in [1.29, 1.82) is 0 Å². The molecule has 0 saturated carbocycles. The normalized spacial score (nSPS) is 12.3. The minimum absolute atomic E-state index is 0.385. The fourth-order valence-electron chi connectivity index (χ4n) is 2.18. The summed E-state index contributed by atoms with van der Waals surface area (Å²) >= 11 is 0. The van der Waals surface area contributed by atoms with Crippen LogP contribution in [-0.2, 0) is 4.74 Å². The molecule has 3 nitrogen and oxygen atoms in total. The predicted octanol–water partition coefficient (Wildman–Crippen LogP) is 3.94. The Kier molecular flexibility index (Phi) is 9.09. The maximum absolute atomic E-state index is 5.72. The summed E-state index contributed by atoms with van der Waals surface area (Å²) in [6.45, 7) is 6.95. The van der Waals surface area contributed by atoms with Gasteiger partial charge in [0.15, 0.2) is 0 Å². The number of benzene rings is 1. The standard InChI is InChI=1S/C17H29NO2/c1-4-11-18-17(10-7-13-19-3)15-8-6-9-16(14-15)20-12-5-2/h6,8-9,14,17-18H,4-5,7,10-13H2,1-3H3. The van der Waals surface area contributed by atoms with Gasteiger partial charge in [-0.2, -0.15) is 0 Å². The summed E-state index contributed by atoms with van der Waals surface area (Å²) in [7, 11) is 1.76. The van der Waals surface area contributed by atoms with E-state index in [1.165, 1.54) is 5.56 Å². The van der Waals surface area contributed by atoms with Crippen LogP contribution in [-0.4, -0.2) is 26.9 Å². The second-order valence-corrected chi connectivity index (χ2v) is 5.06. The molecule has 3 heteroatoms. The van der Waals surface area contributed by atoms with Crippen LogP contribution in [0.25, 0.3) is 0 Å². The predicted molar refractivity (Wildman–Crippen MR) is 84.4 cm³/mol. The molecule has 0 radical (unpaired) electrons. The number of hydrogen-bond acceptors (Lipinski definition) is 3. The van der Waals surface area contributed by atoms with Crippen molar-refractivity contribution < 1.29 is 9.47 Å². The lowest BCUT2D eigenvalue weighted by Crippen LogP contribution is -2.22. The third-order valence-corrected chi connectivity index (χ3v) is 3.22. The fraction of sp³-hybridized carbons (Fsp3) is 0.647. The van der Waals surface area contributed by atoms with Crippen molar-refractivity contribution in [3.05, 3.63) is 29.8 Å². The van der Waals surface area contributed by atoms with Gasteiger partial charge in [-0.25, -0.2) is 0 Å². The van der Waals surface area contributed by atoms with Crippen molar-refractivity contribution >= 4 is 0 Å². The summed E-state index contributed by atoms with van der Waals surface area (Å²) in [5, 5.41) is 3.62. The minimum Gasteiger partial charge on any atom is -0.494 e. The molecular weight excluding hydrogens is 250 g/mol. The van der Waals surface area contributed by atoms with Crippen LogP contribution in [0.4, 0.5) is 0 Å². The van der Waals surface area contributed by atoms with E-state index in [1.54, 1.807) is 7.11 Å². The topological polar surface area (TPSA) is 30.5 Å². The van der Waals surface area contributed by atoms with Gasteiger partial charge in [0, 0.05) is 19.8 Å². The largest absolute Gasteiger partial charge is 0.494 e. The molecular formula is C17H29NO2. The Hall–Kier alpha value is -1.06. The van der Waals surface area contributed by atoms with Crippen molar-refractivity contribution in [2.24, 2.45) is 0 Å². The summed E-state index contributed by atoms with van der Waals surface area (Å²) in [4.78, 5) is 0. The summed E-state index contributed by atoms with van der Waals surface area (Å²) in [6, 6.07) is 8.84. The van der Waals surface area contributed by atoms with Gasteiger partial charge in [0.1, 0.15) is 5.75 Å². The van der Waals surface area contributed by atoms with Crippen molar-refractivity contribution in [3.8, 4) is 5.75 Å². The minimum atomic E-state index is 0.385. The van der Waals surface area contributed by atoms with E-state index in [2.05, 4.69) is 37.4 Å². The van der Waals surface area contributed by atoms with E-state index in [-0.39, 0.29) is 0 Å². The molecule has 1 aromatic carbocycles. The molecule has 0 bridgehead atoms. The lowest BCUT2D eigenvalue weighted by atomic mass is 10.0. The second-order valence-electron chi connectivity index (χ2n) is 5.06. The number of rotatable bonds is 11. The average molecular weight is 279 g/mol. The van der Waals surface area contributed by atoms with Crippen LogP contribution >= 0.6 is 0 Å². The van der Waals surface area contributed by atoms with Crippen molar-refractivity contribution in [1.82, 2.24) is 5.32 Å². The maximum atomic E-state index is 5.72. The van der Waals surface area contributed by atoms with E-state index in [0.717, 1.165) is 51.2 Å². The van der Waals surface area contributed by atoms with E-state index in [1.807, 2.05) is 6.07 Å². The SMILES string of the molecule is CCCNC(CCCOC)c1cccc(OCCC)c1. The second kappa shape index (κ2) is 10.7. The highest BCUT2D eigenvalue weighted by Crippen LogP contribution is 2.23. The van der Waals surface area contributed by atoms with Gasteiger partial charge in [0.2, 0.25) is 0 Å². The van der Waals surface area contributed by atoms with Crippen molar-refractivity contribution in [2.75, 3.05) is 26.9 Å². The zero-order valence-corrected chi connectivity index (χ0v) is 13.2. The van der Waals surface area contributed by atoms with Gasteiger partial charge in [-0.05, 0) is 49.9 Å². The Morgan fingerprint density at radius 1 is 1.15 bits per heavy atom. The smallest absolute Gasteiger partial charge is 0.119 e. The molecule has 0 spiro atoms. The molecule has 20 heavy (non-hydrogen) atoms. The van der Waals surface area contributed by atoms with Crippen molar-refractivity contribution in [3.63, 3.8) is 0 Å². The molecule has 0 amide bonds. The first-order valence-electron chi connectivity index (χ1n) is 7.76. The Morgan fingerprint density at radius 2 is 2.00 bits per heavy atom. The zero-order chi connectivity index (χ0) is 14.6. The molecule has 0 aromatic heterocycles.